The number of amides is 3. The monoisotopic (exact) mass is 301 g/mol. The SMILES string of the molecule is CNC(=O)CSCC(=O)NCCN1CCC[C@@H](C)C1=O. The first-order valence-electron chi connectivity index (χ1n) is 6.88. The predicted octanol–water partition coefficient (Wildman–Crippen LogP) is -0.160. The van der Waals surface area contributed by atoms with Crippen LogP contribution < -0.4 is 10.6 Å². The third kappa shape index (κ3) is 5.81. The Morgan fingerprint density at radius 2 is 2.05 bits per heavy atom. The maximum Gasteiger partial charge on any atom is 0.230 e. The number of piperidine rings is 1. The minimum absolute atomic E-state index is 0.0873. The molecule has 2 N–H and O–H groups in total. The highest BCUT2D eigenvalue weighted by Gasteiger charge is 2.24. The minimum Gasteiger partial charge on any atom is -0.358 e. The summed E-state index contributed by atoms with van der Waals surface area (Å²) in [6, 6.07) is 0. The molecule has 0 saturated carbocycles. The molecule has 1 fully saturated rings. The summed E-state index contributed by atoms with van der Waals surface area (Å²) in [5.41, 5.74) is 0. The molecule has 1 aliphatic rings. The molecule has 114 valence electrons. The average molecular weight is 301 g/mol. The van der Waals surface area contributed by atoms with E-state index in [1.165, 1.54) is 11.8 Å². The van der Waals surface area contributed by atoms with Crippen LogP contribution in [-0.2, 0) is 14.4 Å². The van der Waals surface area contributed by atoms with Crippen LogP contribution in [0.2, 0.25) is 0 Å². The quantitative estimate of drug-likeness (QED) is 0.685. The second-order valence-electron chi connectivity index (χ2n) is 4.88. The molecule has 0 bridgehead atoms. The molecule has 0 radical (unpaired) electrons. The van der Waals surface area contributed by atoms with Crippen molar-refractivity contribution in [3.8, 4) is 0 Å². The lowest BCUT2D eigenvalue weighted by Crippen LogP contribution is -2.44. The topological polar surface area (TPSA) is 78.5 Å². The van der Waals surface area contributed by atoms with Gasteiger partial charge in [0.2, 0.25) is 17.7 Å². The van der Waals surface area contributed by atoms with Gasteiger partial charge in [0.1, 0.15) is 0 Å². The van der Waals surface area contributed by atoms with Crippen LogP contribution in [0.15, 0.2) is 0 Å². The van der Waals surface area contributed by atoms with Crippen molar-refractivity contribution in [1.29, 1.82) is 0 Å². The standard InChI is InChI=1S/C13H23N3O3S/c1-10-4-3-6-16(13(10)19)7-5-15-12(18)9-20-8-11(17)14-2/h10H,3-9H2,1-2H3,(H,14,17)(H,15,18)/t10-/m1/s1. The summed E-state index contributed by atoms with van der Waals surface area (Å²) in [7, 11) is 1.57. The molecule has 3 amide bonds. The lowest BCUT2D eigenvalue weighted by molar-refractivity contribution is -0.138. The van der Waals surface area contributed by atoms with Crippen LogP contribution in [0.4, 0.5) is 0 Å². The molecule has 0 aromatic rings. The van der Waals surface area contributed by atoms with Gasteiger partial charge in [-0.2, -0.15) is 0 Å². The van der Waals surface area contributed by atoms with E-state index in [0.717, 1.165) is 19.4 Å². The fourth-order valence-electron chi connectivity index (χ4n) is 2.05. The summed E-state index contributed by atoms with van der Waals surface area (Å²) < 4.78 is 0. The summed E-state index contributed by atoms with van der Waals surface area (Å²) >= 11 is 1.28. The van der Waals surface area contributed by atoms with Crippen LogP contribution in [0.5, 0.6) is 0 Å². The van der Waals surface area contributed by atoms with Crippen molar-refractivity contribution in [2.75, 3.05) is 38.2 Å². The Hall–Kier alpha value is -1.24. The highest BCUT2D eigenvalue weighted by Crippen LogP contribution is 2.16. The first kappa shape index (κ1) is 16.8. The van der Waals surface area contributed by atoms with Crippen molar-refractivity contribution >= 4 is 29.5 Å². The summed E-state index contributed by atoms with van der Waals surface area (Å²) in [5, 5.41) is 5.27. The van der Waals surface area contributed by atoms with Crippen molar-refractivity contribution in [3.63, 3.8) is 0 Å². The molecule has 0 aromatic carbocycles. The van der Waals surface area contributed by atoms with Gasteiger partial charge in [-0.25, -0.2) is 0 Å². The maximum atomic E-state index is 11.8. The summed E-state index contributed by atoms with van der Waals surface area (Å²) in [6.45, 7) is 3.76. The molecule has 1 rings (SSSR count). The Labute approximate surface area is 124 Å². The number of rotatable bonds is 7. The van der Waals surface area contributed by atoms with Crippen molar-refractivity contribution in [1.82, 2.24) is 15.5 Å². The molecule has 0 spiro atoms. The van der Waals surface area contributed by atoms with Gasteiger partial charge in [0.25, 0.3) is 0 Å². The number of carbonyl (C=O) groups is 3. The number of likely N-dealkylation sites (tertiary alicyclic amines) is 1. The average Bonchev–Trinajstić information content (AvgIpc) is 2.43. The Bertz CT molecular complexity index is 363. The lowest BCUT2D eigenvalue weighted by atomic mass is 9.99. The van der Waals surface area contributed by atoms with Gasteiger partial charge in [0.05, 0.1) is 11.5 Å². The molecule has 1 atom stereocenters. The van der Waals surface area contributed by atoms with E-state index in [4.69, 9.17) is 0 Å². The highest BCUT2D eigenvalue weighted by molar-refractivity contribution is 8.00. The van der Waals surface area contributed by atoms with E-state index in [1.54, 1.807) is 7.05 Å². The Kier molecular flexibility index (Phi) is 7.43. The molecule has 20 heavy (non-hydrogen) atoms. The predicted molar refractivity (Wildman–Crippen MR) is 79.4 cm³/mol. The Morgan fingerprint density at radius 1 is 1.35 bits per heavy atom. The Balaban J connectivity index is 2.12. The van der Waals surface area contributed by atoms with E-state index >= 15 is 0 Å². The fraction of sp³-hybridized carbons (Fsp3) is 0.769. The van der Waals surface area contributed by atoms with E-state index in [0.29, 0.717) is 13.1 Å². The van der Waals surface area contributed by atoms with E-state index in [-0.39, 0.29) is 35.1 Å². The van der Waals surface area contributed by atoms with Crippen LogP contribution >= 0.6 is 11.8 Å². The number of hydrogen-bond donors (Lipinski definition) is 2. The first-order valence-corrected chi connectivity index (χ1v) is 8.04. The molecule has 1 heterocycles. The number of carbonyl (C=O) groups excluding carboxylic acids is 3. The zero-order chi connectivity index (χ0) is 15.0. The third-order valence-electron chi connectivity index (χ3n) is 3.25. The first-order chi connectivity index (χ1) is 9.54. The van der Waals surface area contributed by atoms with Crippen molar-refractivity contribution in [2.45, 2.75) is 19.8 Å². The molecule has 1 aliphatic heterocycles. The molecule has 0 aromatic heterocycles. The molecule has 1 saturated heterocycles. The van der Waals surface area contributed by atoms with Crippen molar-refractivity contribution in [3.05, 3.63) is 0 Å². The molecule has 6 nitrogen and oxygen atoms in total. The zero-order valence-electron chi connectivity index (χ0n) is 12.1. The highest BCUT2D eigenvalue weighted by atomic mass is 32.2. The van der Waals surface area contributed by atoms with Crippen molar-refractivity contribution in [2.24, 2.45) is 5.92 Å². The van der Waals surface area contributed by atoms with Gasteiger partial charge in [-0.3, -0.25) is 14.4 Å². The van der Waals surface area contributed by atoms with Crippen molar-refractivity contribution < 1.29 is 14.4 Å². The van der Waals surface area contributed by atoms with E-state index < -0.39 is 0 Å². The largest absolute Gasteiger partial charge is 0.358 e. The van der Waals surface area contributed by atoms with Crippen LogP contribution in [0.25, 0.3) is 0 Å². The van der Waals surface area contributed by atoms with Gasteiger partial charge in [0.15, 0.2) is 0 Å². The molecule has 0 aliphatic carbocycles. The van der Waals surface area contributed by atoms with E-state index in [1.807, 2.05) is 11.8 Å². The summed E-state index contributed by atoms with van der Waals surface area (Å²) in [6.07, 6.45) is 1.99. The number of nitrogens with zero attached hydrogens (tertiary/aromatic N) is 1. The van der Waals surface area contributed by atoms with Crippen LogP contribution in [0.1, 0.15) is 19.8 Å². The molecular weight excluding hydrogens is 278 g/mol. The van der Waals surface area contributed by atoms with Gasteiger partial charge < -0.3 is 15.5 Å². The second-order valence-corrected chi connectivity index (χ2v) is 5.87. The normalized spacial score (nSPS) is 18.8. The molecule has 0 unspecified atom stereocenters. The van der Waals surface area contributed by atoms with E-state index in [9.17, 15) is 14.4 Å². The van der Waals surface area contributed by atoms with Gasteiger partial charge >= 0.3 is 0 Å². The van der Waals surface area contributed by atoms with Crippen LogP contribution in [0, 0.1) is 5.92 Å². The van der Waals surface area contributed by atoms with Gasteiger partial charge in [-0.05, 0) is 12.8 Å². The molecule has 7 heteroatoms. The maximum absolute atomic E-state index is 11.8. The Morgan fingerprint density at radius 3 is 2.75 bits per heavy atom. The summed E-state index contributed by atoms with van der Waals surface area (Å²) in [4.78, 5) is 36.2. The lowest BCUT2D eigenvalue weighted by Gasteiger charge is -2.30. The van der Waals surface area contributed by atoms with E-state index in [2.05, 4.69) is 10.6 Å². The second kappa shape index (κ2) is 8.84. The smallest absolute Gasteiger partial charge is 0.230 e. The van der Waals surface area contributed by atoms with Gasteiger partial charge in [0, 0.05) is 32.6 Å². The summed E-state index contributed by atoms with van der Waals surface area (Å²) in [5.74, 6) is 0.637. The van der Waals surface area contributed by atoms with Gasteiger partial charge in [-0.1, -0.05) is 6.92 Å². The van der Waals surface area contributed by atoms with Crippen LogP contribution in [-0.4, -0.2) is 60.8 Å². The fourth-order valence-corrected chi connectivity index (χ4v) is 2.76. The van der Waals surface area contributed by atoms with Gasteiger partial charge in [-0.15, -0.1) is 11.8 Å². The third-order valence-corrected chi connectivity index (χ3v) is 4.18. The zero-order valence-corrected chi connectivity index (χ0v) is 12.9. The molecular formula is C13H23N3O3S. The number of thioether (sulfide) groups is 1. The minimum atomic E-state index is -0.101. The van der Waals surface area contributed by atoms with Crippen LogP contribution in [0.3, 0.4) is 0 Å². The number of nitrogens with one attached hydrogen (secondary N) is 2. The number of hydrogen-bond acceptors (Lipinski definition) is 4.